The fourth-order valence-corrected chi connectivity index (χ4v) is 0.587. The third-order valence-electron chi connectivity index (χ3n) is 1.13. The van der Waals surface area contributed by atoms with E-state index < -0.39 is 11.8 Å². The van der Waals surface area contributed by atoms with E-state index in [1.165, 1.54) is 12.4 Å². The zero-order valence-electron chi connectivity index (χ0n) is 6.52. The summed E-state index contributed by atoms with van der Waals surface area (Å²) in [5.41, 5.74) is 1.68. The van der Waals surface area contributed by atoms with Crippen molar-refractivity contribution in [3.63, 3.8) is 0 Å². The molecule has 7 nitrogen and oxygen atoms in total. The fraction of sp³-hybridized carbons (Fsp3) is 0. The Kier molecular flexibility index (Phi) is 2.87. The van der Waals surface area contributed by atoms with E-state index in [0.29, 0.717) is 0 Å². The van der Waals surface area contributed by atoms with E-state index >= 15 is 0 Å². The number of carbonyl (C=O) groups excluding carboxylic acids is 2. The summed E-state index contributed by atoms with van der Waals surface area (Å²) < 4.78 is 0. The second-order valence-electron chi connectivity index (χ2n) is 2.00. The Morgan fingerprint density at radius 1 is 1.23 bits per heavy atom. The average Bonchev–Trinajstić information content (AvgIpc) is 2.18. The quantitative estimate of drug-likeness (QED) is 0.209. The molecule has 2 amide bonds. The van der Waals surface area contributed by atoms with E-state index in [2.05, 4.69) is 15.3 Å². The number of rotatable bonds is 1. The molecule has 0 aromatic carbocycles. The van der Waals surface area contributed by atoms with Crippen LogP contribution >= 0.6 is 0 Å². The van der Waals surface area contributed by atoms with Gasteiger partial charge in [0.25, 0.3) is 0 Å². The number of nitrogens with zero attached hydrogens (tertiary/aromatic N) is 2. The number of nitrogens with two attached hydrogens (primary N) is 1. The third kappa shape index (κ3) is 2.49. The van der Waals surface area contributed by atoms with Gasteiger partial charge in [-0.1, -0.05) is 0 Å². The van der Waals surface area contributed by atoms with Gasteiger partial charge in [-0.25, -0.2) is 15.8 Å². The highest BCUT2D eigenvalue weighted by Gasteiger charge is 2.12. The minimum Gasteiger partial charge on any atom is -0.286 e. The van der Waals surface area contributed by atoms with Crippen LogP contribution in [-0.4, -0.2) is 21.8 Å². The van der Waals surface area contributed by atoms with Crippen LogP contribution in [0.1, 0.15) is 0 Å². The highest BCUT2D eigenvalue weighted by Crippen LogP contribution is 1.92. The number of nitrogens with one attached hydrogen (secondary N) is 2. The first kappa shape index (κ1) is 9.07. The number of aromatic nitrogens is 2. The SMILES string of the molecule is NNC(=O)C(=O)Nc1ncccn1. The monoisotopic (exact) mass is 181 g/mol. The molecule has 0 aliphatic rings. The molecule has 0 aliphatic carbocycles. The van der Waals surface area contributed by atoms with Crippen molar-refractivity contribution in [2.45, 2.75) is 0 Å². The molecule has 0 spiro atoms. The van der Waals surface area contributed by atoms with Gasteiger partial charge < -0.3 is 0 Å². The van der Waals surface area contributed by atoms with Gasteiger partial charge >= 0.3 is 11.8 Å². The van der Waals surface area contributed by atoms with Gasteiger partial charge in [-0.05, 0) is 6.07 Å². The van der Waals surface area contributed by atoms with Crippen molar-refractivity contribution in [1.29, 1.82) is 0 Å². The third-order valence-corrected chi connectivity index (χ3v) is 1.13. The van der Waals surface area contributed by atoms with Crippen LogP contribution in [0.15, 0.2) is 18.5 Å². The molecule has 0 saturated carbocycles. The van der Waals surface area contributed by atoms with Gasteiger partial charge in [-0.3, -0.25) is 20.3 Å². The van der Waals surface area contributed by atoms with Crippen molar-refractivity contribution in [3.05, 3.63) is 18.5 Å². The highest BCUT2D eigenvalue weighted by atomic mass is 16.2. The lowest BCUT2D eigenvalue weighted by atomic mass is 10.5. The van der Waals surface area contributed by atoms with Crippen molar-refractivity contribution < 1.29 is 9.59 Å². The van der Waals surface area contributed by atoms with Gasteiger partial charge in [0.15, 0.2) is 0 Å². The molecule has 0 saturated heterocycles. The number of amides is 2. The maximum atomic E-state index is 10.9. The molecule has 1 rings (SSSR count). The zero-order valence-corrected chi connectivity index (χ0v) is 6.52. The molecule has 4 N–H and O–H groups in total. The molecule has 1 aromatic rings. The van der Waals surface area contributed by atoms with Crippen LogP contribution in [-0.2, 0) is 9.59 Å². The summed E-state index contributed by atoms with van der Waals surface area (Å²) >= 11 is 0. The molecule has 1 heterocycles. The van der Waals surface area contributed by atoms with Crippen LogP contribution in [0.5, 0.6) is 0 Å². The Bertz CT molecular complexity index is 312. The van der Waals surface area contributed by atoms with Gasteiger partial charge in [0.1, 0.15) is 0 Å². The van der Waals surface area contributed by atoms with Gasteiger partial charge in [0.2, 0.25) is 5.95 Å². The van der Waals surface area contributed by atoms with Crippen LogP contribution < -0.4 is 16.6 Å². The number of carbonyl (C=O) groups is 2. The summed E-state index contributed by atoms with van der Waals surface area (Å²) in [6, 6.07) is 1.58. The predicted molar refractivity (Wildman–Crippen MR) is 43.0 cm³/mol. The van der Waals surface area contributed by atoms with E-state index in [1.807, 2.05) is 0 Å². The summed E-state index contributed by atoms with van der Waals surface area (Å²) in [5.74, 6) is 2.92. The maximum absolute atomic E-state index is 10.9. The van der Waals surface area contributed by atoms with Crippen molar-refractivity contribution in [2.24, 2.45) is 5.84 Å². The Balaban J connectivity index is 2.60. The summed E-state index contributed by atoms with van der Waals surface area (Å²) in [7, 11) is 0. The number of anilines is 1. The van der Waals surface area contributed by atoms with Crippen LogP contribution in [0.3, 0.4) is 0 Å². The molecule has 7 heteroatoms. The number of hydrazine groups is 1. The van der Waals surface area contributed by atoms with E-state index in [4.69, 9.17) is 5.84 Å². The standard InChI is InChI=1S/C6H7N5O2/c7-11-5(13)4(12)10-6-8-2-1-3-9-6/h1-3H,7H2,(H,11,13)(H,8,9,10,12). The minimum absolute atomic E-state index is 0.0519. The fourth-order valence-electron chi connectivity index (χ4n) is 0.587. The Hall–Kier alpha value is -2.02. The van der Waals surface area contributed by atoms with Crippen LogP contribution in [0.2, 0.25) is 0 Å². The molecular weight excluding hydrogens is 174 g/mol. The number of hydrogen-bond donors (Lipinski definition) is 3. The van der Waals surface area contributed by atoms with E-state index in [1.54, 1.807) is 11.5 Å². The van der Waals surface area contributed by atoms with Crippen LogP contribution in [0, 0.1) is 0 Å². The molecule has 68 valence electrons. The molecule has 0 bridgehead atoms. The normalized spacial score (nSPS) is 9.00. The van der Waals surface area contributed by atoms with Crippen LogP contribution in [0.25, 0.3) is 0 Å². The second kappa shape index (κ2) is 4.12. The first-order valence-electron chi connectivity index (χ1n) is 3.33. The van der Waals surface area contributed by atoms with E-state index in [9.17, 15) is 9.59 Å². The van der Waals surface area contributed by atoms with Crippen molar-refractivity contribution in [3.8, 4) is 0 Å². The largest absolute Gasteiger partial charge is 0.323 e. The van der Waals surface area contributed by atoms with E-state index in [0.717, 1.165) is 0 Å². The molecule has 13 heavy (non-hydrogen) atoms. The average molecular weight is 181 g/mol. The molecule has 0 radical (unpaired) electrons. The zero-order chi connectivity index (χ0) is 9.68. The number of hydrogen-bond acceptors (Lipinski definition) is 5. The lowest BCUT2D eigenvalue weighted by Crippen LogP contribution is -2.39. The second-order valence-corrected chi connectivity index (χ2v) is 2.00. The maximum Gasteiger partial charge on any atom is 0.323 e. The topological polar surface area (TPSA) is 110 Å². The molecule has 1 aromatic heterocycles. The van der Waals surface area contributed by atoms with E-state index in [-0.39, 0.29) is 5.95 Å². The van der Waals surface area contributed by atoms with Gasteiger partial charge in [0.05, 0.1) is 0 Å². The molecule has 0 aliphatic heterocycles. The van der Waals surface area contributed by atoms with Crippen LogP contribution in [0.4, 0.5) is 5.95 Å². The Morgan fingerprint density at radius 2 is 1.85 bits per heavy atom. The molecular formula is C6H7N5O2. The summed E-state index contributed by atoms with van der Waals surface area (Å²) in [6.45, 7) is 0. The summed E-state index contributed by atoms with van der Waals surface area (Å²) in [4.78, 5) is 28.8. The Morgan fingerprint density at radius 3 is 2.38 bits per heavy atom. The molecule has 0 unspecified atom stereocenters. The highest BCUT2D eigenvalue weighted by molar-refractivity contribution is 6.39. The first-order chi connectivity index (χ1) is 6.24. The predicted octanol–water partition coefficient (Wildman–Crippen LogP) is -1.60. The van der Waals surface area contributed by atoms with Gasteiger partial charge in [0, 0.05) is 12.4 Å². The summed E-state index contributed by atoms with van der Waals surface area (Å²) in [5, 5.41) is 2.14. The van der Waals surface area contributed by atoms with Gasteiger partial charge in [-0.2, -0.15) is 0 Å². The molecule has 0 fully saturated rings. The first-order valence-corrected chi connectivity index (χ1v) is 3.33. The minimum atomic E-state index is -0.951. The van der Waals surface area contributed by atoms with Crippen molar-refractivity contribution >= 4 is 17.8 Å². The summed E-state index contributed by atoms with van der Waals surface area (Å²) in [6.07, 6.45) is 2.87. The van der Waals surface area contributed by atoms with Crippen molar-refractivity contribution in [1.82, 2.24) is 15.4 Å². The smallest absolute Gasteiger partial charge is 0.286 e. The lowest BCUT2D eigenvalue weighted by Gasteiger charge is -1.99. The van der Waals surface area contributed by atoms with Crippen molar-refractivity contribution in [2.75, 3.05) is 5.32 Å². The van der Waals surface area contributed by atoms with Gasteiger partial charge in [-0.15, -0.1) is 0 Å². The molecule has 0 atom stereocenters. The Labute approximate surface area is 73.3 Å². The lowest BCUT2D eigenvalue weighted by molar-refractivity contribution is -0.136.